The number of halogens is 4. The number of alkyl carbamates (subject to hydrolysis) is 1. The number of ether oxygens (including phenoxy) is 2. The molecule has 2 N–H and O–H groups in total. The van der Waals surface area contributed by atoms with Crippen molar-refractivity contribution in [2.24, 2.45) is 5.92 Å². The maximum atomic E-state index is 12.9. The van der Waals surface area contributed by atoms with E-state index < -0.39 is 40.9 Å². The normalized spacial score (nSPS) is 14.5. The number of carbonyl (C=O) groups excluding carboxylic acids is 1. The van der Waals surface area contributed by atoms with Crippen molar-refractivity contribution in [2.45, 2.75) is 71.2 Å². The van der Waals surface area contributed by atoms with Crippen LogP contribution in [0.25, 0.3) is 0 Å². The van der Waals surface area contributed by atoms with Gasteiger partial charge in [0, 0.05) is 5.02 Å². The summed E-state index contributed by atoms with van der Waals surface area (Å²) in [6, 6.07) is 9.27. The molecule has 2 aromatic carbocycles. The molecule has 36 heavy (non-hydrogen) atoms. The van der Waals surface area contributed by atoms with E-state index in [0.29, 0.717) is 29.8 Å². The van der Waals surface area contributed by atoms with Gasteiger partial charge in [-0.1, -0.05) is 37.1 Å². The van der Waals surface area contributed by atoms with Gasteiger partial charge in [-0.05, 0) is 82.3 Å². The number of benzene rings is 2. The fraction of sp³-hybridized carbons (Fsp3) is 0.462. The Morgan fingerprint density at radius 1 is 1.06 bits per heavy atom. The van der Waals surface area contributed by atoms with Gasteiger partial charge in [0.05, 0.1) is 5.56 Å². The number of hydrogen-bond donors (Lipinski definition) is 2. The first-order chi connectivity index (χ1) is 16.5. The molecule has 198 valence electrons. The zero-order valence-electron chi connectivity index (χ0n) is 20.8. The summed E-state index contributed by atoms with van der Waals surface area (Å²) in [5.41, 5.74) is -2.47. The van der Waals surface area contributed by atoms with Gasteiger partial charge in [0.25, 0.3) is 0 Å². The van der Waals surface area contributed by atoms with Crippen LogP contribution in [0.3, 0.4) is 0 Å². The molecule has 0 aliphatic heterocycles. The van der Waals surface area contributed by atoms with Gasteiger partial charge in [0.1, 0.15) is 22.6 Å². The van der Waals surface area contributed by atoms with Crippen LogP contribution in [0.1, 0.15) is 58.6 Å². The van der Waals surface area contributed by atoms with Gasteiger partial charge in [0.2, 0.25) is 0 Å². The fourth-order valence-electron chi connectivity index (χ4n) is 3.74. The second kappa shape index (κ2) is 11.4. The topological polar surface area (TPSA) is 84.9 Å². The number of carboxylic acid groups (broad SMARTS) is 1. The smallest absolute Gasteiger partial charge is 0.416 e. The number of carboxylic acids is 1. The Hall–Kier alpha value is -2.94. The lowest BCUT2D eigenvalue weighted by atomic mass is 9.80. The van der Waals surface area contributed by atoms with Crippen LogP contribution in [0.5, 0.6) is 11.5 Å². The van der Waals surface area contributed by atoms with Crippen LogP contribution < -0.4 is 10.1 Å². The van der Waals surface area contributed by atoms with Crippen LogP contribution in [-0.2, 0) is 22.1 Å². The lowest BCUT2D eigenvalue weighted by Gasteiger charge is -2.35. The molecule has 0 aliphatic rings. The van der Waals surface area contributed by atoms with E-state index in [9.17, 15) is 27.9 Å². The van der Waals surface area contributed by atoms with Crippen LogP contribution in [0.15, 0.2) is 42.5 Å². The van der Waals surface area contributed by atoms with E-state index in [1.807, 2.05) is 6.92 Å². The van der Waals surface area contributed by atoms with Crippen LogP contribution in [0.4, 0.5) is 18.0 Å². The number of alkyl halides is 3. The molecule has 2 atom stereocenters. The van der Waals surface area contributed by atoms with Crippen molar-refractivity contribution in [3.63, 3.8) is 0 Å². The third-order valence-corrected chi connectivity index (χ3v) is 6.05. The van der Waals surface area contributed by atoms with Crippen molar-refractivity contribution in [3.8, 4) is 11.5 Å². The van der Waals surface area contributed by atoms with Crippen LogP contribution in [0.2, 0.25) is 5.02 Å². The number of aryl methyl sites for hydroxylation is 1. The van der Waals surface area contributed by atoms with E-state index in [4.69, 9.17) is 21.1 Å². The number of rotatable bonds is 9. The Kier molecular flexibility index (Phi) is 9.29. The van der Waals surface area contributed by atoms with Crippen molar-refractivity contribution < 1.29 is 37.3 Å². The van der Waals surface area contributed by atoms with Crippen molar-refractivity contribution in [1.29, 1.82) is 0 Å². The molecule has 2 aromatic rings. The van der Waals surface area contributed by atoms with Crippen molar-refractivity contribution >= 4 is 23.7 Å². The van der Waals surface area contributed by atoms with E-state index in [0.717, 1.165) is 12.1 Å². The second-order valence-corrected chi connectivity index (χ2v) is 10.1. The average molecular weight is 530 g/mol. The quantitative estimate of drug-likeness (QED) is 0.352. The summed E-state index contributed by atoms with van der Waals surface area (Å²) < 4.78 is 49.6. The summed E-state index contributed by atoms with van der Waals surface area (Å²) in [6.45, 7) is 8.33. The minimum Gasteiger partial charge on any atom is -0.480 e. The molecule has 0 fully saturated rings. The Labute approximate surface area is 213 Å². The molecular weight excluding hydrogens is 499 g/mol. The Morgan fingerprint density at radius 2 is 1.69 bits per heavy atom. The Morgan fingerprint density at radius 3 is 2.22 bits per heavy atom. The van der Waals surface area contributed by atoms with E-state index in [2.05, 4.69) is 5.32 Å². The maximum Gasteiger partial charge on any atom is 0.416 e. The highest BCUT2D eigenvalue weighted by atomic mass is 35.5. The van der Waals surface area contributed by atoms with Crippen molar-refractivity contribution in [1.82, 2.24) is 5.32 Å². The molecule has 0 saturated carbocycles. The monoisotopic (exact) mass is 529 g/mol. The Bertz CT molecular complexity index is 1080. The molecule has 0 bridgehead atoms. The molecule has 0 aromatic heterocycles. The molecule has 2 rings (SSSR count). The molecule has 10 heteroatoms. The van der Waals surface area contributed by atoms with Gasteiger partial charge in [-0.3, -0.25) is 0 Å². The minimum atomic E-state index is -4.49. The molecule has 1 amide bonds. The molecule has 0 spiro atoms. The summed E-state index contributed by atoms with van der Waals surface area (Å²) in [6.07, 6.45) is -4.05. The summed E-state index contributed by atoms with van der Waals surface area (Å²) >= 11 is 6.39. The molecule has 0 radical (unpaired) electrons. The van der Waals surface area contributed by atoms with Gasteiger partial charge in [-0.25, -0.2) is 9.59 Å². The SMILES string of the molecule is CCC(CCc1ccc(Oc2cccc(C(F)(F)F)c2)cc1Cl)[C@@](C)(NC(=O)OC(C)(C)C)C(=O)O. The van der Waals surface area contributed by atoms with Gasteiger partial charge in [0.15, 0.2) is 0 Å². The number of nitrogens with one attached hydrogen (secondary N) is 1. The first-order valence-corrected chi connectivity index (χ1v) is 11.8. The molecule has 1 unspecified atom stereocenters. The molecule has 0 aliphatic carbocycles. The summed E-state index contributed by atoms with van der Waals surface area (Å²) in [5.74, 6) is -1.35. The third-order valence-electron chi connectivity index (χ3n) is 5.70. The summed E-state index contributed by atoms with van der Waals surface area (Å²) in [7, 11) is 0. The predicted molar refractivity (Wildman–Crippen MR) is 130 cm³/mol. The second-order valence-electron chi connectivity index (χ2n) is 9.66. The number of hydrogen-bond acceptors (Lipinski definition) is 4. The third kappa shape index (κ3) is 8.05. The highest BCUT2D eigenvalue weighted by molar-refractivity contribution is 6.31. The van der Waals surface area contributed by atoms with Gasteiger partial charge < -0.3 is 19.9 Å². The zero-order chi connectivity index (χ0) is 27.3. The highest BCUT2D eigenvalue weighted by Crippen LogP contribution is 2.34. The van der Waals surface area contributed by atoms with Crippen LogP contribution >= 0.6 is 11.6 Å². The standard InChI is InChI=1S/C26H31ClF3NO5/c1-6-17(25(5,22(32)33)31-23(34)36-24(2,3)4)12-10-16-11-13-20(15-21(16)27)35-19-9-7-8-18(14-19)26(28,29)30/h7-9,11,13-15,17H,6,10,12H2,1-5H3,(H,31,34)(H,32,33)/t17?,25-/m1/s1. The van der Waals surface area contributed by atoms with E-state index in [1.165, 1.54) is 25.1 Å². The molecular formula is C26H31ClF3NO5. The van der Waals surface area contributed by atoms with Crippen LogP contribution in [-0.4, -0.2) is 28.3 Å². The fourth-order valence-corrected chi connectivity index (χ4v) is 4.01. The average Bonchev–Trinajstić information content (AvgIpc) is 2.73. The predicted octanol–water partition coefficient (Wildman–Crippen LogP) is 7.48. The van der Waals surface area contributed by atoms with E-state index in [1.54, 1.807) is 32.9 Å². The number of aliphatic carboxylic acids is 1. The number of amides is 1. The largest absolute Gasteiger partial charge is 0.480 e. The molecule has 6 nitrogen and oxygen atoms in total. The highest BCUT2D eigenvalue weighted by Gasteiger charge is 2.42. The minimum absolute atomic E-state index is 0.0186. The van der Waals surface area contributed by atoms with E-state index >= 15 is 0 Å². The van der Waals surface area contributed by atoms with Gasteiger partial charge >= 0.3 is 18.2 Å². The zero-order valence-corrected chi connectivity index (χ0v) is 21.6. The van der Waals surface area contributed by atoms with Gasteiger partial charge in [-0.15, -0.1) is 0 Å². The Balaban J connectivity index is 2.13. The molecule has 0 saturated heterocycles. The van der Waals surface area contributed by atoms with E-state index in [-0.39, 0.29) is 11.5 Å². The van der Waals surface area contributed by atoms with Crippen molar-refractivity contribution in [3.05, 3.63) is 58.6 Å². The van der Waals surface area contributed by atoms with Crippen molar-refractivity contribution in [2.75, 3.05) is 0 Å². The first kappa shape index (κ1) is 29.3. The first-order valence-electron chi connectivity index (χ1n) is 11.4. The maximum absolute atomic E-state index is 12.9. The lowest BCUT2D eigenvalue weighted by molar-refractivity contribution is -0.146. The summed E-state index contributed by atoms with van der Waals surface area (Å²) in [4.78, 5) is 24.4. The molecule has 0 heterocycles. The number of carbonyl (C=O) groups is 2. The summed E-state index contributed by atoms with van der Waals surface area (Å²) in [5, 5.41) is 12.7. The lowest BCUT2D eigenvalue weighted by Crippen LogP contribution is -2.58. The van der Waals surface area contributed by atoms with Gasteiger partial charge in [-0.2, -0.15) is 13.2 Å². The van der Waals surface area contributed by atoms with Crippen LogP contribution in [0, 0.1) is 5.92 Å².